The summed E-state index contributed by atoms with van der Waals surface area (Å²) in [5.41, 5.74) is 4.39. The van der Waals surface area contributed by atoms with Crippen LogP contribution >= 0.6 is 0 Å². The monoisotopic (exact) mass is 270 g/mol. The second kappa shape index (κ2) is 3.80. The quantitative estimate of drug-likeness (QED) is 0.620. The van der Waals surface area contributed by atoms with Gasteiger partial charge in [-0.1, -0.05) is 0 Å². The highest BCUT2D eigenvalue weighted by molar-refractivity contribution is 5.92. The van der Waals surface area contributed by atoms with Crippen molar-refractivity contribution in [1.29, 1.82) is 0 Å². The van der Waals surface area contributed by atoms with Gasteiger partial charge in [-0.05, 0) is 12.1 Å². The van der Waals surface area contributed by atoms with Gasteiger partial charge in [0.1, 0.15) is 24.9 Å². The van der Waals surface area contributed by atoms with Gasteiger partial charge >= 0.3 is 0 Å². The van der Waals surface area contributed by atoms with Crippen molar-refractivity contribution in [2.24, 2.45) is 0 Å². The van der Waals surface area contributed by atoms with E-state index in [4.69, 9.17) is 19.4 Å². The van der Waals surface area contributed by atoms with Gasteiger partial charge in [-0.3, -0.25) is 0 Å². The zero-order valence-corrected chi connectivity index (χ0v) is 11.0. The Morgan fingerprint density at radius 2 is 1.30 bits per heavy atom. The minimum absolute atomic E-state index is 0.603. The number of nitrogens with zero attached hydrogens (tertiary/aromatic N) is 4. The lowest BCUT2D eigenvalue weighted by Crippen LogP contribution is -2.16. The fraction of sp³-hybridized carbons (Fsp3) is 0.429. The third kappa shape index (κ3) is 1.35. The van der Waals surface area contributed by atoms with Crippen LogP contribution in [0.15, 0.2) is 12.1 Å². The molecule has 0 N–H and O–H groups in total. The summed E-state index contributed by atoms with van der Waals surface area (Å²) in [5, 5.41) is 0. The average molecular weight is 270 g/mol. The van der Waals surface area contributed by atoms with Gasteiger partial charge in [-0.25, -0.2) is 9.97 Å². The molecule has 0 radical (unpaired) electrons. The minimum atomic E-state index is 0.603. The van der Waals surface area contributed by atoms with Crippen molar-refractivity contribution in [3.8, 4) is 0 Å². The van der Waals surface area contributed by atoms with E-state index in [0.29, 0.717) is 13.2 Å². The highest BCUT2D eigenvalue weighted by atomic mass is 16.5. The van der Waals surface area contributed by atoms with E-state index in [1.54, 1.807) is 0 Å². The summed E-state index contributed by atoms with van der Waals surface area (Å²) < 4.78 is 15.4. The molecule has 0 amide bonds. The number of rotatable bonds is 0. The maximum atomic E-state index is 5.47. The summed E-state index contributed by atoms with van der Waals surface area (Å²) in [5.74, 6) is 2.03. The molecule has 5 rings (SSSR count). The van der Waals surface area contributed by atoms with Crippen LogP contribution in [0.25, 0.3) is 22.1 Å². The molecular weight excluding hydrogens is 256 g/mol. The fourth-order valence-electron chi connectivity index (χ4n) is 3.20. The molecule has 6 nitrogen and oxygen atoms in total. The standard InChI is InChI=1S/C14H14N4O2/c1-3-19-7-13-15-9-6-12-10(5-11(9)17(1)13)16-14-8-20-4-2-18(12)14/h5-6H,1-4,7-8H2. The zero-order valence-electron chi connectivity index (χ0n) is 11.0. The Morgan fingerprint density at radius 3 is 1.80 bits per heavy atom. The molecule has 20 heavy (non-hydrogen) atoms. The van der Waals surface area contributed by atoms with E-state index in [1.165, 1.54) is 0 Å². The van der Waals surface area contributed by atoms with E-state index in [1.807, 2.05) is 0 Å². The number of hydrogen-bond donors (Lipinski definition) is 0. The SMILES string of the molecule is c1c2nc3n(c2cc2nc4n(c12)CCOC4)CCOC3. The summed E-state index contributed by atoms with van der Waals surface area (Å²) in [6.45, 7) is 4.45. The number of ether oxygens (including phenoxy) is 2. The molecule has 4 heterocycles. The van der Waals surface area contributed by atoms with Crippen LogP contribution in [-0.4, -0.2) is 32.3 Å². The third-order valence-corrected chi connectivity index (χ3v) is 4.16. The van der Waals surface area contributed by atoms with Gasteiger partial charge in [0.25, 0.3) is 0 Å². The van der Waals surface area contributed by atoms with Crippen LogP contribution in [0, 0.1) is 0 Å². The van der Waals surface area contributed by atoms with Crippen molar-refractivity contribution in [2.75, 3.05) is 13.2 Å². The highest BCUT2D eigenvalue weighted by Gasteiger charge is 2.19. The van der Waals surface area contributed by atoms with E-state index in [-0.39, 0.29) is 0 Å². The summed E-state index contributed by atoms with van der Waals surface area (Å²) in [6, 6.07) is 4.30. The van der Waals surface area contributed by atoms with Gasteiger partial charge < -0.3 is 18.6 Å². The maximum Gasteiger partial charge on any atom is 0.136 e. The van der Waals surface area contributed by atoms with Gasteiger partial charge in [0.05, 0.1) is 35.3 Å². The van der Waals surface area contributed by atoms with E-state index in [9.17, 15) is 0 Å². The molecule has 102 valence electrons. The third-order valence-electron chi connectivity index (χ3n) is 4.16. The predicted molar refractivity (Wildman–Crippen MR) is 72.3 cm³/mol. The van der Waals surface area contributed by atoms with E-state index >= 15 is 0 Å². The average Bonchev–Trinajstić information content (AvgIpc) is 3.02. The topological polar surface area (TPSA) is 54.1 Å². The summed E-state index contributed by atoms with van der Waals surface area (Å²) in [4.78, 5) is 9.39. The van der Waals surface area contributed by atoms with Gasteiger partial charge in [-0.15, -0.1) is 0 Å². The van der Waals surface area contributed by atoms with Crippen LogP contribution in [0.5, 0.6) is 0 Å². The van der Waals surface area contributed by atoms with E-state index in [2.05, 4.69) is 21.3 Å². The Balaban J connectivity index is 1.83. The first-order chi connectivity index (χ1) is 9.90. The second-order valence-electron chi connectivity index (χ2n) is 5.29. The molecule has 0 aliphatic carbocycles. The number of imidazole rings is 2. The number of benzene rings is 1. The lowest BCUT2D eigenvalue weighted by atomic mass is 10.2. The molecule has 0 unspecified atom stereocenters. The van der Waals surface area contributed by atoms with Crippen molar-refractivity contribution in [3.05, 3.63) is 23.8 Å². The van der Waals surface area contributed by atoms with Crippen molar-refractivity contribution in [3.63, 3.8) is 0 Å². The fourth-order valence-corrected chi connectivity index (χ4v) is 3.20. The van der Waals surface area contributed by atoms with Crippen LogP contribution < -0.4 is 0 Å². The maximum absolute atomic E-state index is 5.47. The first-order valence-corrected chi connectivity index (χ1v) is 6.94. The molecule has 0 fully saturated rings. The Labute approximate surface area is 114 Å². The Morgan fingerprint density at radius 1 is 0.800 bits per heavy atom. The molecule has 2 aliphatic rings. The van der Waals surface area contributed by atoms with Crippen LogP contribution in [-0.2, 0) is 35.8 Å². The van der Waals surface area contributed by atoms with Gasteiger partial charge in [0.15, 0.2) is 0 Å². The minimum Gasteiger partial charge on any atom is -0.372 e. The Hall–Kier alpha value is -1.92. The molecule has 0 saturated heterocycles. The molecular formula is C14H14N4O2. The molecule has 6 heteroatoms. The largest absolute Gasteiger partial charge is 0.372 e. The lowest BCUT2D eigenvalue weighted by Gasteiger charge is -2.15. The first kappa shape index (κ1) is 10.8. The van der Waals surface area contributed by atoms with Crippen LogP contribution in [0.3, 0.4) is 0 Å². The van der Waals surface area contributed by atoms with Crippen LogP contribution in [0.1, 0.15) is 11.6 Å². The number of fused-ring (bicyclic) bond motifs is 6. The molecule has 2 aromatic heterocycles. The molecule has 1 aromatic carbocycles. The Bertz CT molecular complexity index is 763. The predicted octanol–water partition coefficient (Wildman–Crippen LogP) is 1.45. The molecule has 0 bridgehead atoms. The van der Waals surface area contributed by atoms with Crippen molar-refractivity contribution in [1.82, 2.24) is 19.1 Å². The highest BCUT2D eigenvalue weighted by Crippen LogP contribution is 2.27. The normalized spacial score (nSPS) is 18.4. The zero-order chi connectivity index (χ0) is 13.1. The van der Waals surface area contributed by atoms with Crippen molar-refractivity contribution in [2.45, 2.75) is 26.3 Å². The smallest absolute Gasteiger partial charge is 0.136 e. The summed E-state index contributed by atoms with van der Waals surface area (Å²) in [6.07, 6.45) is 0. The molecule has 3 aromatic rings. The van der Waals surface area contributed by atoms with Crippen molar-refractivity contribution >= 4 is 22.1 Å². The summed E-state index contributed by atoms with van der Waals surface area (Å²) >= 11 is 0. The van der Waals surface area contributed by atoms with E-state index in [0.717, 1.165) is 60.0 Å². The number of aromatic nitrogens is 4. The van der Waals surface area contributed by atoms with Crippen LogP contribution in [0.2, 0.25) is 0 Å². The van der Waals surface area contributed by atoms with Gasteiger partial charge in [0, 0.05) is 13.1 Å². The first-order valence-electron chi connectivity index (χ1n) is 6.94. The molecule has 0 saturated carbocycles. The van der Waals surface area contributed by atoms with E-state index < -0.39 is 0 Å². The van der Waals surface area contributed by atoms with Crippen LogP contribution in [0.4, 0.5) is 0 Å². The second-order valence-corrected chi connectivity index (χ2v) is 5.29. The molecule has 2 aliphatic heterocycles. The van der Waals surface area contributed by atoms with Gasteiger partial charge in [-0.2, -0.15) is 0 Å². The molecule has 0 atom stereocenters. The molecule has 0 spiro atoms. The van der Waals surface area contributed by atoms with Crippen molar-refractivity contribution < 1.29 is 9.47 Å². The van der Waals surface area contributed by atoms with Gasteiger partial charge in [0.2, 0.25) is 0 Å². The summed E-state index contributed by atoms with van der Waals surface area (Å²) in [7, 11) is 0. The number of hydrogen-bond acceptors (Lipinski definition) is 4. The Kier molecular flexibility index (Phi) is 2.06. The lowest BCUT2D eigenvalue weighted by molar-refractivity contribution is 0.0830.